The summed E-state index contributed by atoms with van der Waals surface area (Å²) in [5, 5.41) is 0. The summed E-state index contributed by atoms with van der Waals surface area (Å²) < 4.78 is 3.89. The molecule has 66 valence electrons. The molecule has 2 saturated heterocycles. The van der Waals surface area contributed by atoms with Crippen molar-refractivity contribution in [2.24, 2.45) is 5.92 Å². The van der Waals surface area contributed by atoms with E-state index < -0.39 is 5.87 Å². The molecular formula is C8H14BNO2. The summed E-state index contributed by atoms with van der Waals surface area (Å²) in [6, 6.07) is 0. The Morgan fingerprint density at radius 1 is 1.50 bits per heavy atom. The van der Waals surface area contributed by atoms with Crippen molar-refractivity contribution in [2.45, 2.75) is 12.8 Å². The van der Waals surface area contributed by atoms with E-state index in [1.807, 2.05) is 0 Å². The number of rotatable bonds is 0. The van der Waals surface area contributed by atoms with Gasteiger partial charge in [-0.05, 0) is 31.8 Å². The van der Waals surface area contributed by atoms with Gasteiger partial charge in [-0.1, -0.05) is 0 Å². The fourth-order valence-electron chi connectivity index (χ4n) is 1.72. The molecule has 2 aliphatic heterocycles. The maximum atomic E-state index is 9.37. The minimum atomic E-state index is -0.745. The van der Waals surface area contributed by atoms with Crippen LogP contribution in [0.5, 0.6) is 0 Å². The second kappa shape index (κ2) is 4.50. The zero-order chi connectivity index (χ0) is 8.97. The van der Waals surface area contributed by atoms with Crippen molar-refractivity contribution in [1.82, 2.24) is 4.90 Å². The van der Waals surface area contributed by atoms with Crippen LogP contribution in [0.25, 0.3) is 0 Å². The van der Waals surface area contributed by atoms with E-state index in [0.717, 1.165) is 5.92 Å². The van der Waals surface area contributed by atoms with Crippen molar-refractivity contribution in [3.63, 3.8) is 0 Å². The van der Waals surface area contributed by atoms with E-state index in [0.29, 0.717) is 0 Å². The number of carbonyl (C=O) groups is 1. The monoisotopic (exact) mass is 167 g/mol. The number of fused-ring (bicyclic) bond motifs is 2. The highest BCUT2D eigenvalue weighted by molar-refractivity contribution is 6.55. The zero-order valence-electron chi connectivity index (χ0n) is 7.45. The Morgan fingerprint density at radius 2 is 2.00 bits per heavy atom. The van der Waals surface area contributed by atoms with Crippen LogP contribution in [0.15, 0.2) is 0 Å². The third-order valence-electron chi connectivity index (χ3n) is 2.42. The van der Waals surface area contributed by atoms with Gasteiger partial charge in [0.1, 0.15) is 0 Å². The average Bonchev–Trinajstić information content (AvgIpc) is 2.67. The molecule has 2 bridgehead atoms. The molecule has 2 heterocycles. The molecule has 0 amide bonds. The summed E-state index contributed by atoms with van der Waals surface area (Å²) in [7, 11) is 5.66. The largest absolute Gasteiger partial charge is 0.478 e. The average molecular weight is 167 g/mol. The van der Waals surface area contributed by atoms with Crippen molar-refractivity contribution in [3.8, 4) is 0 Å². The lowest BCUT2D eigenvalue weighted by Crippen LogP contribution is -2.15. The Kier molecular flexibility index (Phi) is 3.60. The molecule has 2 aliphatic rings. The fraction of sp³-hybridized carbons (Fsp3) is 0.875. The van der Waals surface area contributed by atoms with Crippen LogP contribution in [-0.4, -0.2) is 45.4 Å². The Hall–Kier alpha value is -0.505. The normalized spacial score (nSPS) is 30.8. The van der Waals surface area contributed by atoms with E-state index in [2.05, 4.69) is 17.5 Å². The molecule has 0 aromatic rings. The topological polar surface area (TPSA) is 29.5 Å². The molecule has 0 aliphatic carbocycles. The minimum Gasteiger partial charge on any atom is -0.478 e. The lowest BCUT2D eigenvalue weighted by Gasteiger charge is -2.09. The number of nitrogens with zero attached hydrogens (tertiary/aromatic N) is 1. The Balaban J connectivity index is 0.000000130. The van der Waals surface area contributed by atoms with Crippen molar-refractivity contribution in [3.05, 3.63) is 0 Å². The Morgan fingerprint density at radius 3 is 2.08 bits per heavy atom. The van der Waals surface area contributed by atoms with Crippen LogP contribution >= 0.6 is 0 Å². The molecule has 2 rings (SSSR count). The van der Waals surface area contributed by atoms with Crippen LogP contribution in [-0.2, 0) is 4.74 Å². The number of hydrogen-bond acceptors (Lipinski definition) is 3. The van der Waals surface area contributed by atoms with Gasteiger partial charge < -0.3 is 9.64 Å². The van der Waals surface area contributed by atoms with Crippen LogP contribution in [0.4, 0.5) is 4.79 Å². The Labute approximate surface area is 74.5 Å². The molecule has 3 nitrogen and oxygen atoms in total. The molecule has 0 spiro atoms. The van der Waals surface area contributed by atoms with Crippen molar-refractivity contribution in [1.29, 1.82) is 0 Å². The van der Waals surface area contributed by atoms with Gasteiger partial charge in [-0.15, -0.1) is 0 Å². The predicted molar refractivity (Wildman–Crippen MR) is 47.3 cm³/mol. The zero-order valence-corrected chi connectivity index (χ0v) is 7.45. The first kappa shape index (κ1) is 9.58. The number of piperidine rings is 1. The van der Waals surface area contributed by atoms with Crippen molar-refractivity contribution >= 4 is 13.7 Å². The van der Waals surface area contributed by atoms with E-state index in [1.165, 1.54) is 39.6 Å². The summed E-state index contributed by atoms with van der Waals surface area (Å²) in [6.07, 6.45) is 2.97. The van der Waals surface area contributed by atoms with E-state index in [9.17, 15) is 4.79 Å². The first-order chi connectivity index (χ1) is 5.72. The molecule has 0 saturated carbocycles. The third kappa shape index (κ3) is 2.85. The summed E-state index contributed by atoms with van der Waals surface area (Å²) in [5.41, 5.74) is 0. The SMILES string of the molecule is C1CN2CCC1C2.[B]C(=O)OC. The standard InChI is InChI=1S/C6H11N.C2H3BO2/c1-3-7-4-2-6(1)5-7;1-5-2(3)4/h6H,1-5H2;1H3. The molecular weight excluding hydrogens is 153 g/mol. The van der Waals surface area contributed by atoms with Crippen LogP contribution in [0.3, 0.4) is 0 Å². The smallest absolute Gasteiger partial charge is 0.235 e. The highest BCUT2D eigenvalue weighted by atomic mass is 16.5. The fourth-order valence-corrected chi connectivity index (χ4v) is 1.72. The highest BCUT2D eigenvalue weighted by Crippen LogP contribution is 2.26. The van der Waals surface area contributed by atoms with Gasteiger partial charge >= 0.3 is 0 Å². The molecule has 0 unspecified atom stereocenters. The first-order valence-electron chi connectivity index (χ1n) is 4.28. The van der Waals surface area contributed by atoms with Gasteiger partial charge in [0.15, 0.2) is 0 Å². The quantitative estimate of drug-likeness (QED) is 0.495. The van der Waals surface area contributed by atoms with E-state index >= 15 is 0 Å². The van der Waals surface area contributed by atoms with Gasteiger partial charge in [-0.2, -0.15) is 0 Å². The van der Waals surface area contributed by atoms with Gasteiger partial charge in [0.2, 0.25) is 13.7 Å². The first-order valence-corrected chi connectivity index (χ1v) is 4.28. The maximum Gasteiger partial charge on any atom is 0.235 e. The minimum absolute atomic E-state index is 0.745. The summed E-state index contributed by atoms with van der Waals surface area (Å²) in [5.74, 6) is 0.352. The molecule has 0 aromatic carbocycles. The maximum absolute atomic E-state index is 9.37. The third-order valence-corrected chi connectivity index (χ3v) is 2.42. The highest BCUT2D eigenvalue weighted by Gasteiger charge is 2.28. The van der Waals surface area contributed by atoms with E-state index in [4.69, 9.17) is 0 Å². The van der Waals surface area contributed by atoms with Crippen molar-refractivity contribution in [2.75, 3.05) is 26.7 Å². The lowest BCUT2D eigenvalue weighted by atomic mass is 10.1. The predicted octanol–water partition coefficient (Wildman–Crippen LogP) is 0.633. The van der Waals surface area contributed by atoms with Gasteiger partial charge in [0.05, 0.1) is 7.11 Å². The molecule has 4 heteroatoms. The van der Waals surface area contributed by atoms with Crippen molar-refractivity contribution < 1.29 is 9.53 Å². The number of carbonyl (C=O) groups excluding carboxylic acids is 1. The number of ether oxygens (including phenoxy) is 1. The molecule has 12 heavy (non-hydrogen) atoms. The molecule has 0 N–H and O–H groups in total. The van der Waals surface area contributed by atoms with Crippen LogP contribution in [0.2, 0.25) is 0 Å². The summed E-state index contributed by atoms with van der Waals surface area (Å²) in [6.45, 7) is 4.20. The molecule has 2 fully saturated rings. The number of hydrogen-bond donors (Lipinski definition) is 0. The van der Waals surface area contributed by atoms with Gasteiger partial charge in [-0.25, -0.2) is 0 Å². The van der Waals surface area contributed by atoms with Crippen LogP contribution in [0, 0.1) is 5.92 Å². The van der Waals surface area contributed by atoms with Gasteiger partial charge in [-0.3, -0.25) is 4.79 Å². The Bertz CT molecular complexity index is 145. The molecule has 2 radical (unpaired) electrons. The summed E-state index contributed by atoms with van der Waals surface area (Å²) in [4.78, 5) is 11.9. The van der Waals surface area contributed by atoms with E-state index in [1.54, 1.807) is 0 Å². The second-order valence-electron chi connectivity index (χ2n) is 3.27. The summed E-state index contributed by atoms with van der Waals surface area (Å²) >= 11 is 0. The van der Waals surface area contributed by atoms with E-state index in [-0.39, 0.29) is 0 Å². The molecule has 0 aromatic heterocycles. The van der Waals surface area contributed by atoms with Gasteiger partial charge in [0, 0.05) is 6.54 Å². The van der Waals surface area contributed by atoms with Gasteiger partial charge in [0.25, 0.3) is 0 Å². The van der Waals surface area contributed by atoms with Crippen LogP contribution < -0.4 is 0 Å². The second-order valence-corrected chi connectivity index (χ2v) is 3.27. The lowest BCUT2D eigenvalue weighted by molar-refractivity contribution is 0.198. The molecule has 0 atom stereocenters. The number of methoxy groups -OCH3 is 1. The van der Waals surface area contributed by atoms with Crippen LogP contribution in [0.1, 0.15) is 12.8 Å².